The van der Waals surface area contributed by atoms with Gasteiger partial charge in [-0.1, -0.05) is 0 Å². The van der Waals surface area contributed by atoms with Crippen LogP contribution in [0.25, 0.3) is 0 Å². The van der Waals surface area contributed by atoms with Crippen molar-refractivity contribution in [2.45, 2.75) is 44.8 Å². The molecule has 0 aliphatic carbocycles. The van der Waals surface area contributed by atoms with Gasteiger partial charge in [0.1, 0.15) is 12.1 Å². The van der Waals surface area contributed by atoms with Gasteiger partial charge in [0.25, 0.3) is 0 Å². The molecule has 3 heterocycles. The van der Waals surface area contributed by atoms with Gasteiger partial charge >= 0.3 is 0 Å². The Labute approximate surface area is 102 Å². The van der Waals surface area contributed by atoms with Crippen LogP contribution in [0.1, 0.15) is 43.4 Å². The Hall–Kier alpha value is -0.870. The molecule has 94 valence electrons. The lowest BCUT2D eigenvalue weighted by atomic mass is 9.98. The van der Waals surface area contributed by atoms with Crippen molar-refractivity contribution in [1.82, 2.24) is 9.55 Å². The van der Waals surface area contributed by atoms with Gasteiger partial charge in [-0.15, -0.1) is 0 Å². The Morgan fingerprint density at radius 3 is 3.18 bits per heavy atom. The van der Waals surface area contributed by atoms with Gasteiger partial charge in [0, 0.05) is 31.5 Å². The molecule has 0 saturated carbocycles. The molecule has 0 amide bonds. The van der Waals surface area contributed by atoms with Crippen molar-refractivity contribution in [2.75, 3.05) is 13.2 Å². The highest BCUT2D eigenvalue weighted by Crippen LogP contribution is 2.27. The number of aliphatic hydroxyl groups excluding tert-OH is 1. The average molecular weight is 236 g/mol. The number of aliphatic hydroxyl groups is 1. The molecule has 1 saturated heterocycles. The maximum Gasteiger partial charge on any atom is 0.132 e. The molecule has 17 heavy (non-hydrogen) atoms. The van der Waals surface area contributed by atoms with Crippen molar-refractivity contribution in [3.63, 3.8) is 0 Å². The van der Waals surface area contributed by atoms with E-state index in [1.165, 1.54) is 12.1 Å². The minimum Gasteiger partial charge on any atom is -0.381 e. The molecule has 0 radical (unpaired) electrons. The highest BCUT2D eigenvalue weighted by atomic mass is 16.5. The van der Waals surface area contributed by atoms with Crippen LogP contribution in [-0.2, 0) is 17.6 Å². The van der Waals surface area contributed by atoms with E-state index in [0.29, 0.717) is 5.92 Å². The smallest absolute Gasteiger partial charge is 0.132 e. The molecule has 2 unspecified atom stereocenters. The van der Waals surface area contributed by atoms with Crippen LogP contribution in [0.4, 0.5) is 0 Å². The van der Waals surface area contributed by atoms with Gasteiger partial charge in [-0.25, -0.2) is 4.98 Å². The molecule has 0 bridgehead atoms. The average Bonchev–Trinajstić information content (AvgIpc) is 2.75. The largest absolute Gasteiger partial charge is 0.381 e. The Morgan fingerprint density at radius 1 is 1.41 bits per heavy atom. The lowest BCUT2D eigenvalue weighted by Gasteiger charge is -2.26. The first-order chi connectivity index (χ1) is 8.34. The third-order valence-electron chi connectivity index (χ3n) is 3.87. The number of aryl methyl sites for hydroxylation is 1. The van der Waals surface area contributed by atoms with Crippen LogP contribution in [0.3, 0.4) is 0 Å². The van der Waals surface area contributed by atoms with Crippen LogP contribution in [0.15, 0.2) is 6.20 Å². The summed E-state index contributed by atoms with van der Waals surface area (Å²) in [5.74, 6) is 1.62. The third-order valence-corrected chi connectivity index (χ3v) is 3.87. The van der Waals surface area contributed by atoms with Crippen molar-refractivity contribution in [3.05, 3.63) is 17.7 Å². The van der Waals surface area contributed by atoms with Crippen LogP contribution in [-0.4, -0.2) is 27.9 Å². The number of hydrogen-bond acceptors (Lipinski definition) is 3. The van der Waals surface area contributed by atoms with E-state index in [2.05, 4.69) is 4.98 Å². The summed E-state index contributed by atoms with van der Waals surface area (Å²) >= 11 is 0. The molecular formula is C13H20N2O2. The van der Waals surface area contributed by atoms with E-state index in [1.54, 1.807) is 0 Å². The molecule has 3 rings (SSSR count). The highest BCUT2D eigenvalue weighted by molar-refractivity contribution is 5.10. The van der Waals surface area contributed by atoms with E-state index >= 15 is 0 Å². The monoisotopic (exact) mass is 236 g/mol. The third kappa shape index (κ3) is 2.24. The fraction of sp³-hybridized carbons (Fsp3) is 0.769. The van der Waals surface area contributed by atoms with Gasteiger partial charge in [0.15, 0.2) is 0 Å². The zero-order chi connectivity index (χ0) is 11.7. The maximum atomic E-state index is 10.1. The van der Waals surface area contributed by atoms with Crippen LogP contribution < -0.4 is 0 Å². The van der Waals surface area contributed by atoms with Crippen LogP contribution >= 0.6 is 0 Å². The number of nitrogens with zero attached hydrogens (tertiary/aromatic N) is 2. The van der Waals surface area contributed by atoms with E-state index in [9.17, 15) is 5.11 Å². The van der Waals surface area contributed by atoms with E-state index in [-0.39, 0.29) is 6.23 Å². The molecular weight excluding hydrogens is 216 g/mol. The summed E-state index contributed by atoms with van der Waals surface area (Å²) in [5.41, 5.74) is 1.19. The first kappa shape index (κ1) is 11.2. The molecule has 2 aliphatic rings. The minimum absolute atomic E-state index is 0.360. The Bertz CT molecular complexity index is 383. The highest BCUT2D eigenvalue weighted by Gasteiger charge is 2.23. The van der Waals surface area contributed by atoms with Crippen LogP contribution in [0.2, 0.25) is 0 Å². The predicted octanol–water partition coefficient (Wildman–Crippen LogP) is 1.68. The summed E-state index contributed by atoms with van der Waals surface area (Å²) < 4.78 is 7.54. The number of rotatable bonds is 2. The van der Waals surface area contributed by atoms with Crippen molar-refractivity contribution >= 4 is 0 Å². The molecule has 2 atom stereocenters. The van der Waals surface area contributed by atoms with Gasteiger partial charge in [-0.2, -0.15) is 0 Å². The van der Waals surface area contributed by atoms with Crippen molar-refractivity contribution < 1.29 is 9.84 Å². The summed E-state index contributed by atoms with van der Waals surface area (Å²) in [6.07, 6.45) is 7.86. The van der Waals surface area contributed by atoms with Gasteiger partial charge in [0.05, 0.1) is 0 Å². The lowest BCUT2D eigenvalue weighted by Crippen LogP contribution is -2.24. The quantitative estimate of drug-likeness (QED) is 0.850. The van der Waals surface area contributed by atoms with E-state index in [1.807, 2.05) is 10.8 Å². The first-order valence-electron chi connectivity index (χ1n) is 6.65. The Balaban J connectivity index is 1.76. The molecule has 2 aliphatic heterocycles. The SMILES string of the molecule is OC1CCCc2cnc(CC3CCCOC3)n21. The van der Waals surface area contributed by atoms with Crippen molar-refractivity contribution in [2.24, 2.45) is 5.92 Å². The summed E-state index contributed by atoms with van der Waals surface area (Å²) in [6.45, 7) is 1.75. The molecule has 0 spiro atoms. The summed E-state index contributed by atoms with van der Waals surface area (Å²) in [6, 6.07) is 0. The number of imidazole rings is 1. The zero-order valence-electron chi connectivity index (χ0n) is 10.1. The molecule has 1 aromatic heterocycles. The second-order valence-electron chi connectivity index (χ2n) is 5.20. The topological polar surface area (TPSA) is 47.3 Å². The molecule has 1 aromatic rings. The lowest BCUT2D eigenvalue weighted by molar-refractivity contribution is 0.0488. The maximum absolute atomic E-state index is 10.1. The molecule has 4 nitrogen and oxygen atoms in total. The summed E-state index contributed by atoms with van der Waals surface area (Å²) in [5, 5.41) is 10.1. The normalized spacial score (nSPS) is 29.0. The van der Waals surface area contributed by atoms with E-state index < -0.39 is 0 Å². The second-order valence-corrected chi connectivity index (χ2v) is 5.20. The molecule has 1 N–H and O–H groups in total. The number of ether oxygens (including phenoxy) is 1. The zero-order valence-corrected chi connectivity index (χ0v) is 10.1. The summed E-state index contributed by atoms with van der Waals surface area (Å²) in [7, 11) is 0. The van der Waals surface area contributed by atoms with Crippen molar-refractivity contribution in [3.8, 4) is 0 Å². The van der Waals surface area contributed by atoms with Gasteiger partial charge < -0.3 is 14.4 Å². The predicted molar refractivity (Wildman–Crippen MR) is 63.7 cm³/mol. The molecule has 4 heteroatoms. The molecule has 1 fully saturated rings. The van der Waals surface area contributed by atoms with Gasteiger partial charge in [0.2, 0.25) is 0 Å². The van der Waals surface area contributed by atoms with E-state index in [4.69, 9.17) is 4.74 Å². The minimum atomic E-state index is -0.360. The van der Waals surface area contributed by atoms with Crippen LogP contribution in [0, 0.1) is 5.92 Å². The number of hydrogen-bond donors (Lipinski definition) is 1. The Kier molecular flexibility index (Phi) is 3.16. The molecule has 0 aromatic carbocycles. The van der Waals surface area contributed by atoms with E-state index in [0.717, 1.165) is 51.1 Å². The fourth-order valence-corrected chi connectivity index (χ4v) is 2.96. The second kappa shape index (κ2) is 4.78. The first-order valence-corrected chi connectivity index (χ1v) is 6.65. The fourth-order valence-electron chi connectivity index (χ4n) is 2.96. The summed E-state index contributed by atoms with van der Waals surface area (Å²) in [4.78, 5) is 4.49. The van der Waals surface area contributed by atoms with Gasteiger partial charge in [-0.05, 0) is 38.0 Å². The van der Waals surface area contributed by atoms with Gasteiger partial charge in [-0.3, -0.25) is 0 Å². The standard InChI is InChI=1S/C13H20N2O2/c16-13-5-1-4-11-8-14-12(15(11)13)7-10-3-2-6-17-9-10/h8,10,13,16H,1-7,9H2. The Morgan fingerprint density at radius 2 is 2.35 bits per heavy atom. The van der Waals surface area contributed by atoms with Crippen molar-refractivity contribution in [1.29, 1.82) is 0 Å². The van der Waals surface area contributed by atoms with Crippen LogP contribution in [0.5, 0.6) is 0 Å². The number of fused-ring (bicyclic) bond motifs is 1. The number of aromatic nitrogens is 2.